The van der Waals surface area contributed by atoms with Crippen LogP contribution in [0.2, 0.25) is 0 Å². The van der Waals surface area contributed by atoms with Crippen molar-refractivity contribution in [3.8, 4) is 12.3 Å². The Labute approximate surface area is 113 Å². The molecule has 1 aromatic carbocycles. The lowest BCUT2D eigenvalue weighted by atomic mass is 10.2. The number of nitrogen functional groups attached to an aromatic ring is 1. The zero-order valence-electron chi connectivity index (χ0n) is 10.9. The molecule has 0 bridgehead atoms. The number of rotatable bonds is 5. The standard InChI is InChI=1S/C13H17FN2O2S/c1-4-6-11(5-2)16-19(17,18)13-8-10(15)7-12(14)9(13)3/h1,7-8,11,16H,5-6,15H2,2-3H3. The Bertz CT molecular complexity index is 606. The molecule has 1 aromatic rings. The van der Waals surface area contributed by atoms with E-state index >= 15 is 0 Å². The lowest BCUT2D eigenvalue weighted by Gasteiger charge is -2.16. The van der Waals surface area contributed by atoms with Gasteiger partial charge in [-0.25, -0.2) is 17.5 Å². The summed E-state index contributed by atoms with van der Waals surface area (Å²) < 4.78 is 40.4. The maximum atomic E-state index is 13.5. The fourth-order valence-electron chi connectivity index (χ4n) is 1.65. The van der Waals surface area contributed by atoms with Gasteiger partial charge in [0.05, 0.1) is 4.90 Å². The van der Waals surface area contributed by atoms with Gasteiger partial charge < -0.3 is 5.73 Å². The van der Waals surface area contributed by atoms with Crippen molar-refractivity contribution in [2.75, 3.05) is 5.73 Å². The summed E-state index contributed by atoms with van der Waals surface area (Å²) in [6, 6.07) is 1.95. The Morgan fingerprint density at radius 2 is 2.16 bits per heavy atom. The minimum absolute atomic E-state index is 0.0391. The van der Waals surface area contributed by atoms with Crippen LogP contribution >= 0.6 is 0 Å². The summed E-state index contributed by atoms with van der Waals surface area (Å²) in [7, 11) is -3.84. The Morgan fingerprint density at radius 1 is 1.53 bits per heavy atom. The maximum Gasteiger partial charge on any atom is 0.241 e. The van der Waals surface area contributed by atoms with Crippen LogP contribution in [0.1, 0.15) is 25.3 Å². The van der Waals surface area contributed by atoms with E-state index in [4.69, 9.17) is 12.2 Å². The van der Waals surface area contributed by atoms with Crippen LogP contribution in [0.25, 0.3) is 0 Å². The first-order valence-corrected chi connectivity index (χ1v) is 7.31. The molecule has 0 fully saturated rings. The zero-order valence-corrected chi connectivity index (χ0v) is 11.7. The molecule has 3 N–H and O–H groups in total. The van der Waals surface area contributed by atoms with E-state index in [0.717, 1.165) is 6.07 Å². The van der Waals surface area contributed by atoms with Crippen molar-refractivity contribution in [2.45, 2.75) is 37.6 Å². The van der Waals surface area contributed by atoms with Gasteiger partial charge in [0, 0.05) is 23.7 Å². The highest BCUT2D eigenvalue weighted by Gasteiger charge is 2.22. The van der Waals surface area contributed by atoms with Gasteiger partial charge in [-0.1, -0.05) is 6.92 Å². The molecule has 0 aliphatic heterocycles. The third-order valence-corrected chi connectivity index (χ3v) is 4.43. The number of hydrogen-bond donors (Lipinski definition) is 2. The summed E-state index contributed by atoms with van der Waals surface area (Å²) in [5.41, 5.74) is 5.58. The van der Waals surface area contributed by atoms with Crippen molar-refractivity contribution in [2.24, 2.45) is 0 Å². The summed E-state index contributed by atoms with van der Waals surface area (Å²) in [5.74, 6) is 1.76. The molecule has 0 saturated heterocycles. The van der Waals surface area contributed by atoms with E-state index in [1.165, 1.54) is 13.0 Å². The molecular formula is C13H17FN2O2S. The molecule has 0 saturated carbocycles. The Hall–Kier alpha value is -1.58. The van der Waals surface area contributed by atoms with Crippen LogP contribution in [0.5, 0.6) is 0 Å². The van der Waals surface area contributed by atoms with Gasteiger partial charge in [0.25, 0.3) is 0 Å². The largest absolute Gasteiger partial charge is 0.399 e. The highest BCUT2D eigenvalue weighted by atomic mass is 32.2. The van der Waals surface area contributed by atoms with Crippen LogP contribution in [-0.4, -0.2) is 14.5 Å². The fraction of sp³-hybridized carbons (Fsp3) is 0.385. The van der Waals surface area contributed by atoms with Crippen LogP contribution in [-0.2, 0) is 10.0 Å². The van der Waals surface area contributed by atoms with Gasteiger partial charge >= 0.3 is 0 Å². The van der Waals surface area contributed by atoms with Crippen LogP contribution in [0, 0.1) is 25.1 Å². The highest BCUT2D eigenvalue weighted by molar-refractivity contribution is 7.89. The van der Waals surface area contributed by atoms with Gasteiger partial charge in [-0.15, -0.1) is 12.3 Å². The van der Waals surface area contributed by atoms with E-state index in [1.54, 1.807) is 0 Å². The van der Waals surface area contributed by atoms with Crippen molar-refractivity contribution in [1.29, 1.82) is 0 Å². The van der Waals surface area contributed by atoms with E-state index in [-0.39, 0.29) is 28.6 Å². The van der Waals surface area contributed by atoms with Gasteiger partial charge in [-0.05, 0) is 25.5 Å². The molecular weight excluding hydrogens is 267 g/mol. The van der Waals surface area contributed by atoms with Gasteiger partial charge in [0.1, 0.15) is 5.82 Å². The quantitative estimate of drug-likeness (QED) is 0.639. The topological polar surface area (TPSA) is 72.2 Å². The zero-order chi connectivity index (χ0) is 14.6. The fourth-order valence-corrected chi connectivity index (χ4v) is 3.25. The predicted octanol–water partition coefficient (Wildman–Crippen LogP) is 1.80. The lowest BCUT2D eigenvalue weighted by molar-refractivity contribution is 0.541. The first-order chi connectivity index (χ1) is 8.81. The molecule has 0 heterocycles. The molecule has 0 amide bonds. The average Bonchev–Trinajstić information content (AvgIpc) is 2.32. The second-order valence-corrected chi connectivity index (χ2v) is 5.94. The van der Waals surface area contributed by atoms with Crippen LogP contribution in [0.3, 0.4) is 0 Å². The highest BCUT2D eigenvalue weighted by Crippen LogP contribution is 2.22. The molecule has 1 rings (SSSR count). The van der Waals surface area contributed by atoms with Crippen LogP contribution in [0.15, 0.2) is 17.0 Å². The minimum atomic E-state index is -3.84. The van der Waals surface area contributed by atoms with Crippen molar-refractivity contribution in [3.63, 3.8) is 0 Å². The van der Waals surface area contributed by atoms with Gasteiger partial charge in [-0.3, -0.25) is 0 Å². The molecule has 0 aromatic heterocycles. The maximum absolute atomic E-state index is 13.5. The number of terminal acetylenes is 1. The molecule has 1 unspecified atom stereocenters. The van der Waals surface area contributed by atoms with Gasteiger partial charge in [-0.2, -0.15) is 0 Å². The third-order valence-electron chi connectivity index (χ3n) is 2.79. The second kappa shape index (κ2) is 6.04. The summed E-state index contributed by atoms with van der Waals surface area (Å²) in [4.78, 5) is -0.152. The number of anilines is 1. The number of sulfonamides is 1. The van der Waals surface area contributed by atoms with Crippen LogP contribution in [0.4, 0.5) is 10.1 Å². The molecule has 4 nitrogen and oxygen atoms in total. The average molecular weight is 284 g/mol. The van der Waals surface area contributed by atoms with Crippen molar-refractivity contribution >= 4 is 15.7 Å². The van der Waals surface area contributed by atoms with E-state index in [1.807, 2.05) is 6.92 Å². The molecule has 19 heavy (non-hydrogen) atoms. The molecule has 104 valence electrons. The first-order valence-electron chi connectivity index (χ1n) is 5.83. The number of nitrogens with one attached hydrogen (secondary N) is 1. The molecule has 0 aliphatic rings. The Kier molecular flexibility index (Phi) is 4.92. The minimum Gasteiger partial charge on any atom is -0.399 e. The lowest BCUT2D eigenvalue weighted by Crippen LogP contribution is -2.34. The molecule has 0 radical (unpaired) electrons. The normalized spacial score (nSPS) is 12.9. The molecule has 0 aliphatic carbocycles. The summed E-state index contributed by atoms with van der Waals surface area (Å²) >= 11 is 0. The Balaban J connectivity index is 3.18. The Morgan fingerprint density at radius 3 is 2.68 bits per heavy atom. The smallest absolute Gasteiger partial charge is 0.241 e. The SMILES string of the molecule is C#CCC(CC)NS(=O)(=O)c1cc(N)cc(F)c1C. The van der Waals surface area contributed by atoms with E-state index in [9.17, 15) is 12.8 Å². The van der Waals surface area contributed by atoms with Gasteiger partial charge in [0.2, 0.25) is 10.0 Å². The monoisotopic (exact) mass is 284 g/mol. The van der Waals surface area contributed by atoms with Crippen molar-refractivity contribution in [3.05, 3.63) is 23.5 Å². The number of halogens is 1. The van der Waals surface area contributed by atoms with E-state index in [0.29, 0.717) is 6.42 Å². The van der Waals surface area contributed by atoms with Gasteiger partial charge in [0.15, 0.2) is 0 Å². The molecule has 6 heteroatoms. The number of hydrogen-bond acceptors (Lipinski definition) is 3. The summed E-state index contributed by atoms with van der Waals surface area (Å²) in [6.07, 6.45) is 6.00. The summed E-state index contributed by atoms with van der Waals surface area (Å²) in [6.45, 7) is 3.21. The van der Waals surface area contributed by atoms with E-state index in [2.05, 4.69) is 10.6 Å². The first kappa shape index (κ1) is 15.5. The third kappa shape index (κ3) is 3.69. The summed E-state index contributed by atoms with van der Waals surface area (Å²) in [5, 5.41) is 0. The molecule has 0 spiro atoms. The van der Waals surface area contributed by atoms with Crippen molar-refractivity contribution < 1.29 is 12.8 Å². The number of benzene rings is 1. The second-order valence-electron chi connectivity index (χ2n) is 4.26. The predicted molar refractivity (Wildman–Crippen MR) is 73.4 cm³/mol. The number of nitrogens with two attached hydrogens (primary N) is 1. The van der Waals surface area contributed by atoms with E-state index < -0.39 is 15.8 Å². The van der Waals surface area contributed by atoms with Crippen LogP contribution < -0.4 is 10.5 Å². The van der Waals surface area contributed by atoms with Crippen molar-refractivity contribution in [1.82, 2.24) is 4.72 Å². The molecule has 1 atom stereocenters.